The zero-order valence-corrected chi connectivity index (χ0v) is 15.8. The molecule has 1 heterocycles. The summed E-state index contributed by atoms with van der Waals surface area (Å²) < 4.78 is 0. The van der Waals surface area contributed by atoms with E-state index in [0.29, 0.717) is 11.1 Å². The molecule has 1 aliphatic rings. The van der Waals surface area contributed by atoms with Gasteiger partial charge in [-0.3, -0.25) is 14.4 Å². The molecule has 0 spiro atoms. The zero-order valence-electron chi connectivity index (χ0n) is 15.8. The highest BCUT2D eigenvalue weighted by molar-refractivity contribution is 5.97. The maximum Gasteiger partial charge on any atom is 0.252 e. The summed E-state index contributed by atoms with van der Waals surface area (Å²) in [6, 6.07) is 17.0. The van der Waals surface area contributed by atoms with Crippen molar-refractivity contribution in [2.75, 3.05) is 19.6 Å². The average molecular weight is 379 g/mol. The van der Waals surface area contributed by atoms with E-state index in [1.54, 1.807) is 36.4 Å². The highest BCUT2D eigenvalue weighted by Gasteiger charge is 2.24. The molecule has 28 heavy (non-hydrogen) atoms. The molecule has 146 valence electrons. The fourth-order valence-corrected chi connectivity index (χ4v) is 3.27. The van der Waals surface area contributed by atoms with Crippen LogP contribution in [0.5, 0.6) is 0 Å². The minimum Gasteiger partial charge on any atom is -0.353 e. The van der Waals surface area contributed by atoms with Crippen molar-refractivity contribution >= 4 is 17.7 Å². The lowest BCUT2D eigenvalue weighted by Gasteiger charge is -2.20. The molecule has 0 aromatic heterocycles. The number of carbonyl (C=O) groups excluding carboxylic acids is 3. The molecule has 3 rings (SSSR count). The maximum atomic E-state index is 12.8. The van der Waals surface area contributed by atoms with Gasteiger partial charge in [0.15, 0.2) is 0 Å². The van der Waals surface area contributed by atoms with E-state index in [4.69, 9.17) is 0 Å². The molecule has 0 saturated carbocycles. The molecule has 0 aliphatic carbocycles. The summed E-state index contributed by atoms with van der Waals surface area (Å²) in [5.41, 5.74) is 1.18. The maximum absolute atomic E-state index is 12.8. The van der Waals surface area contributed by atoms with Crippen LogP contribution in [0.25, 0.3) is 0 Å². The van der Waals surface area contributed by atoms with Gasteiger partial charge in [0.25, 0.3) is 5.91 Å². The van der Waals surface area contributed by atoms with E-state index in [1.807, 2.05) is 29.2 Å². The number of rotatable bonds is 7. The Hall–Kier alpha value is -3.15. The minimum absolute atomic E-state index is 0.0578. The average Bonchev–Trinajstić information content (AvgIpc) is 3.28. The van der Waals surface area contributed by atoms with Crippen molar-refractivity contribution in [2.45, 2.75) is 25.3 Å². The van der Waals surface area contributed by atoms with E-state index in [-0.39, 0.29) is 30.7 Å². The van der Waals surface area contributed by atoms with Crippen molar-refractivity contribution in [3.63, 3.8) is 0 Å². The summed E-state index contributed by atoms with van der Waals surface area (Å²) in [7, 11) is 0. The van der Waals surface area contributed by atoms with Crippen LogP contribution >= 0.6 is 0 Å². The summed E-state index contributed by atoms with van der Waals surface area (Å²) >= 11 is 0. The fourth-order valence-electron chi connectivity index (χ4n) is 3.27. The predicted molar refractivity (Wildman–Crippen MR) is 107 cm³/mol. The van der Waals surface area contributed by atoms with Gasteiger partial charge >= 0.3 is 0 Å². The fraction of sp³-hybridized carbons (Fsp3) is 0.318. The lowest BCUT2D eigenvalue weighted by atomic mass is 10.1. The first kappa shape index (κ1) is 19.6. The Labute approximate surface area is 164 Å². The van der Waals surface area contributed by atoms with E-state index in [2.05, 4.69) is 10.6 Å². The molecule has 0 radical (unpaired) electrons. The van der Waals surface area contributed by atoms with Crippen LogP contribution in [0.1, 0.15) is 41.2 Å². The lowest BCUT2D eigenvalue weighted by Crippen LogP contribution is -2.41. The van der Waals surface area contributed by atoms with Gasteiger partial charge in [0.05, 0.1) is 0 Å². The van der Waals surface area contributed by atoms with Crippen molar-refractivity contribution in [3.05, 3.63) is 71.8 Å². The Kier molecular flexibility index (Phi) is 6.78. The van der Waals surface area contributed by atoms with Gasteiger partial charge in [-0.25, -0.2) is 0 Å². The van der Waals surface area contributed by atoms with Gasteiger partial charge in [-0.1, -0.05) is 48.5 Å². The zero-order chi connectivity index (χ0) is 19.8. The van der Waals surface area contributed by atoms with Crippen molar-refractivity contribution < 1.29 is 14.4 Å². The summed E-state index contributed by atoms with van der Waals surface area (Å²) in [5, 5.41) is 5.59. The molecule has 2 aromatic rings. The van der Waals surface area contributed by atoms with Crippen LogP contribution in [0, 0.1) is 0 Å². The molecule has 2 N–H and O–H groups in total. The summed E-state index contributed by atoms with van der Waals surface area (Å²) in [5.74, 6) is -0.593. The molecule has 6 heteroatoms. The number of benzene rings is 2. The third kappa shape index (κ3) is 5.19. The van der Waals surface area contributed by atoms with Crippen molar-refractivity contribution in [1.82, 2.24) is 15.5 Å². The number of hydrogen-bond donors (Lipinski definition) is 2. The van der Waals surface area contributed by atoms with Crippen molar-refractivity contribution in [2.24, 2.45) is 0 Å². The van der Waals surface area contributed by atoms with Crippen LogP contribution in [0.2, 0.25) is 0 Å². The van der Waals surface area contributed by atoms with Gasteiger partial charge in [0, 0.05) is 31.6 Å². The monoisotopic (exact) mass is 379 g/mol. The Balaban J connectivity index is 1.62. The summed E-state index contributed by atoms with van der Waals surface area (Å²) in [4.78, 5) is 39.3. The Morgan fingerprint density at radius 3 is 2.14 bits per heavy atom. The predicted octanol–water partition coefficient (Wildman–Crippen LogP) is 2.29. The molecule has 0 bridgehead atoms. The topological polar surface area (TPSA) is 78.5 Å². The molecule has 3 amide bonds. The second kappa shape index (κ2) is 9.69. The van der Waals surface area contributed by atoms with Crippen LogP contribution in [0.3, 0.4) is 0 Å². The molecule has 1 atom stereocenters. The van der Waals surface area contributed by atoms with E-state index < -0.39 is 6.04 Å². The van der Waals surface area contributed by atoms with Gasteiger partial charge in [-0.2, -0.15) is 0 Å². The number of amides is 3. The molecule has 6 nitrogen and oxygen atoms in total. The highest BCUT2D eigenvalue weighted by atomic mass is 16.2. The number of likely N-dealkylation sites (tertiary alicyclic amines) is 1. The first-order valence-corrected chi connectivity index (χ1v) is 9.61. The quantitative estimate of drug-likeness (QED) is 0.775. The molecule has 1 unspecified atom stereocenters. The van der Waals surface area contributed by atoms with Gasteiger partial charge in [-0.15, -0.1) is 0 Å². The molecule has 1 aliphatic heterocycles. The number of hydrogen-bond acceptors (Lipinski definition) is 3. The molecule has 1 fully saturated rings. The first-order chi connectivity index (χ1) is 13.6. The molecule has 1 saturated heterocycles. The molecular weight excluding hydrogens is 354 g/mol. The minimum atomic E-state index is -0.823. The second-order valence-corrected chi connectivity index (χ2v) is 6.81. The van der Waals surface area contributed by atoms with Crippen LogP contribution in [-0.2, 0) is 9.59 Å². The third-order valence-electron chi connectivity index (χ3n) is 4.80. The van der Waals surface area contributed by atoms with Crippen LogP contribution in [-0.4, -0.2) is 42.3 Å². The second-order valence-electron chi connectivity index (χ2n) is 6.81. The largest absolute Gasteiger partial charge is 0.353 e. The Morgan fingerprint density at radius 2 is 1.50 bits per heavy atom. The number of nitrogens with zero attached hydrogens (tertiary/aromatic N) is 1. The standard InChI is InChI=1S/C22H25N3O3/c26-19(25-15-7-8-16-25)13-14-23-22(28)20(17-9-3-1-4-10-17)24-21(27)18-11-5-2-6-12-18/h1-6,9-12,20H,7-8,13-16H2,(H,23,28)(H,24,27). The van der Waals surface area contributed by atoms with Crippen LogP contribution in [0.4, 0.5) is 0 Å². The van der Waals surface area contributed by atoms with Gasteiger partial charge in [0.1, 0.15) is 6.04 Å². The smallest absolute Gasteiger partial charge is 0.252 e. The Morgan fingerprint density at radius 1 is 0.893 bits per heavy atom. The first-order valence-electron chi connectivity index (χ1n) is 9.61. The SMILES string of the molecule is O=C(NC(C(=O)NCCC(=O)N1CCCC1)c1ccccc1)c1ccccc1. The van der Waals surface area contributed by atoms with Crippen molar-refractivity contribution in [1.29, 1.82) is 0 Å². The molecular formula is C22H25N3O3. The van der Waals surface area contributed by atoms with E-state index in [9.17, 15) is 14.4 Å². The normalized spacial score (nSPS) is 14.4. The van der Waals surface area contributed by atoms with Crippen molar-refractivity contribution in [3.8, 4) is 0 Å². The molecule has 2 aromatic carbocycles. The van der Waals surface area contributed by atoms with E-state index >= 15 is 0 Å². The van der Waals surface area contributed by atoms with E-state index in [0.717, 1.165) is 25.9 Å². The van der Waals surface area contributed by atoms with Crippen LogP contribution in [0.15, 0.2) is 60.7 Å². The van der Waals surface area contributed by atoms with E-state index in [1.165, 1.54) is 0 Å². The summed E-state index contributed by atoms with van der Waals surface area (Å²) in [6.07, 6.45) is 2.35. The summed E-state index contributed by atoms with van der Waals surface area (Å²) in [6.45, 7) is 1.85. The Bertz CT molecular complexity index is 802. The van der Waals surface area contributed by atoms with Gasteiger partial charge in [-0.05, 0) is 30.5 Å². The van der Waals surface area contributed by atoms with Crippen LogP contribution < -0.4 is 10.6 Å². The third-order valence-corrected chi connectivity index (χ3v) is 4.80. The highest BCUT2D eigenvalue weighted by Crippen LogP contribution is 2.14. The number of carbonyl (C=O) groups is 3. The van der Waals surface area contributed by atoms with Gasteiger partial charge < -0.3 is 15.5 Å². The number of nitrogens with one attached hydrogen (secondary N) is 2. The lowest BCUT2D eigenvalue weighted by molar-refractivity contribution is -0.130. The van der Waals surface area contributed by atoms with Gasteiger partial charge in [0.2, 0.25) is 11.8 Å².